The number of carbonyl (C=O) groups is 2. The second-order valence-corrected chi connectivity index (χ2v) is 14.5. The molecule has 0 spiro atoms. The first kappa shape index (κ1) is 34.6. The first-order chi connectivity index (χ1) is 19.9. The molecule has 0 bridgehead atoms. The average Bonchev–Trinajstić information content (AvgIpc) is 3.42. The normalized spacial score (nSPS) is 18.4. The van der Waals surface area contributed by atoms with Crippen molar-refractivity contribution in [1.82, 2.24) is 20.3 Å². The number of amides is 2. The number of nitrogens with one attached hydrogen (secondary N) is 4. The van der Waals surface area contributed by atoms with Crippen LogP contribution in [0.3, 0.4) is 0 Å². The quantitative estimate of drug-likeness (QED) is 0.102. The van der Waals surface area contributed by atoms with E-state index >= 15 is 0 Å². The van der Waals surface area contributed by atoms with Crippen LogP contribution in [0.2, 0.25) is 10.0 Å². The van der Waals surface area contributed by atoms with E-state index in [0.29, 0.717) is 46.7 Å². The number of rotatable bonds is 16. The molecule has 2 amide bonds. The van der Waals surface area contributed by atoms with Crippen molar-refractivity contribution in [2.24, 2.45) is 11.7 Å². The van der Waals surface area contributed by atoms with Crippen molar-refractivity contribution in [3.8, 4) is 0 Å². The van der Waals surface area contributed by atoms with Gasteiger partial charge >= 0.3 is 0 Å². The summed E-state index contributed by atoms with van der Waals surface area (Å²) in [5.74, 6) is -0.463. The molecule has 1 aromatic rings. The second kappa shape index (κ2) is 16.8. The van der Waals surface area contributed by atoms with Crippen LogP contribution in [0.25, 0.3) is 0 Å². The number of allylic oxidation sites excluding steroid dienone is 1. The summed E-state index contributed by atoms with van der Waals surface area (Å²) < 4.78 is 32.6. The van der Waals surface area contributed by atoms with E-state index in [2.05, 4.69) is 15.4 Å². The molecule has 6 N–H and O–H groups in total. The zero-order valence-electron chi connectivity index (χ0n) is 23.7. The Balaban J connectivity index is 1.64. The zero-order valence-corrected chi connectivity index (χ0v) is 26.8. The van der Waals surface area contributed by atoms with Gasteiger partial charge in [-0.2, -0.15) is 0 Å². The Morgan fingerprint density at radius 3 is 2.67 bits per heavy atom. The van der Waals surface area contributed by atoms with Crippen molar-refractivity contribution >= 4 is 62.6 Å². The van der Waals surface area contributed by atoms with Gasteiger partial charge in [0.2, 0.25) is 21.8 Å². The van der Waals surface area contributed by atoms with E-state index in [-0.39, 0.29) is 43.3 Å². The van der Waals surface area contributed by atoms with Crippen molar-refractivity contribution in [1.29, 1.82) is 5.41 Å². The number of piperidine rings is 1. The standard InChI is InChI=1S/C27H40Cl2N6O5S2/c1-42(38,39)34-23(6-2-18-8-10-32-11-9-18)27(37)35(12-13-40-17-19-3-4-20(28)14-22(19)29)16-25(36)33-15-21-5-7-24(41-21)26(30)31/h3-4,7,14,18,21,23,32,34H,2,5-6,8-13,15-17H2,1H3,(H3,30,31)(H,33,36)/t21-,23-/m1/s1. The number of amidine groups is 1. The molecule has 2 atom stereocenters. The molecule has 1 aromatic carbocycles. The predicted octanol–water partition coefficient (Wildman–Crippen LogP) is 2.48. The maximum atomic E-state index is 13.7. The lowest BCUT2D eigenvalue weighted by Crippen LogP contribution is -2.52. The van der Waals surface area contributed by atoms with Crippen LogP contribution in [-0.2, 0) is 31.0 Å². The van der Waals surface area contributed by atoms with Gasteiger partial charge in [0, 0.05) is 33.3 Å². The van der Waals surface area contributed by atoms with Gasteiger partial charge in [0.05, 0.1) is 26.0 Å². The SMILES string of the molecule is CS(=O)(=O)N[C@H](CCC1CCNCC1)C(=O)N(CCOCc1ccc(Cl)cc1Cl)CC(=O)NC[C@H]1CC=C(C(=N)N)S1. The molecule has 2 heterocycles. The monoisotopic (exact) mass is 662 g/mol. The summed E-state index contributed by atoms with van der Waals surface area (Å²) in [6, 6.07) is 4.07. The smallest absolute Gasteiger partial charge is 0.241 e. The molecule has 15 heteroatoms. The summed E-state index contributed by atoms with van der Waals surface area (Å²) in [6.45, 7) is 2.22. The lowest BCUT2D eigenvalue weighted by atomic mass is 9.91. The van der Waals surface area contributed by atoms with Crippen LogP contribution >= 0.6 is 35.0 Å². The Hall–Kier alpha value is -1.87. The number of ether oxygens (including phenoxy) is 1. The van der Waals surface area contributed by atoms with Crippen molar-refractivity contribution in [2.75, 3.05) is 45.6 Å². The van der Waals surface area contributed by atoms with Crippen molar-refractivity contribution in [3.05, 3.63) is 44.8 Å². The van der Waals surface area contributed by atoms with Gasteiger partial charge in [0.15, 0.2) is 0 Å². The van der Waals surface area contributed by atoms with Crippen molar-refractivity contribution in [2.45, 2.75) is 50.0 Å². The fourth-order valence-corrected chi connectivity index (χ4v) is 7.05. The maximum Gasteiger partial charge on any atom is 0.241 e. The summed E-state index contributed by atoms with van der Waals surface area (Å²) in [4.78, 5) is 28.7. The van der Waals surface area contributed by atoms with E-state index < -0.39 is 22.0 Å². The van der Waals surface area contributed by atoms with Crippen LogP contribution in [0.15, 0.2) is 29.2 Å². The molecule has 3 rings (SSSR count). The Labute approximate surface area is 262 Å². The van der Waals surface area contributed by atoms with Gasteiger partial charge in [-0.1, -0.05) is 35.3 Å². The molecular weight excluding hydrogens is 623 g/mol. The molecule has 0 radical (unpaired) electrons. The van der Waals surface area contributed by atoms with Crippen LogP contribution in [-0.4, -0.2) is 87.8 Å². The summed E-state index contributed by atoms with van der Waals surface area (Å²) in [5, 5.41) is 14.7. The van der Waals surface area contributed by atoms with Gasteiger partial charge in [-0.3, -0.25) is 15.0 Å². The Kier molecular flexibility index (Phi) is 13.9. The molecule has 0 aliphatic carbocycles. The molecule has 1 fully saturated rings. The van der Waals surface area contributed by atoms with Crippen LogP contribution in [0.4, 0.5) is 0 Å². The van der Waals surface area contributed by atoms with Crippen LogP contribution in [0.5, 0.6) is 0 Å². The summed E-state index contributed by atoms with van der Waals surface area (Å²) >= 11 is 13.6. The molecule has 0 saturated carbocycles. The maximum absolute atomic E-state index is 13.7. The number of sulfonamides is 1. The highest BCUT2D eigenvalue weighted by atomic mass is 35.5. The minimum absolute atomic E-state index is 0.000561. The van der Waals surface area contributed by atoms with Gasteiger partial charge in [-0.15, -0.1) is 11.8 Å². The minimum atomic E-state index is -3.69. The van der Waals surface area contributed by atoms with Gasteiger partial charge in [0.1, 0.15) is 11.9 Å². The number of thioether (sulfide) groups is 1. The Bertz CT molecular complexity index is 1240. The fourth-order valence-electron chi connectivity index (χ4n) is 4.82. The lowest BCUT2D eigenvalue weighted by Gasteiger charge is -2.29. The Morgan fingerprint density at radius 2 is 2.02 bits per heavy atom. The van der Waals surface area contributed by atoms with Crippen LogP contribution < -0.4 is 21.1 Å². The van der Waals surface area contributed by atoms with E-state index in [4.69, 9.17) is 39.1 Å². The molecule has 1 saturated heterocycles. The highest BCUT2D eigenvalue weighted by molar-refractivity contribution is 8.04. The van der Waals surface area contributed by atoms with E-state index in [0.717, 1.165) is 37.8 Å². The first-order valence-corrected chi connectivity index (χ1v) is 17.4. The van der Waals surface area contributed by atoms with E-state index in [9.17, 15) is 18.0 Å². The highest BCUT2D eigenvalue weighted by Crippen LogP contribution is 2.31. The van der Waals surface area contributed by atoms with Gasteiger partial charge < -0.3 is 26.0 Å². The van der Waals surface area contributed by atoms with Crippen LogP contribution in [0.1, 0.15) is 37.7 Å². The third-order valence-electron chi connectivity index (χ3n) is 7.05. The highest BCUT2D eigenvalue weighted by Gasteiger charge is 2.30. The summed E-state index contributed by atoms with van der Waals surface area (Å²) in [6.07, 6.45) is 6.51. The molecule has 11 nitrogen and oxygen atoms in total. The number of carbonyl (C=O) groups excluding carboxylic acids is 2. The number of nitrogens with two attached hydrogens (primary N) is 1. The molecule has 0 unspecified atom stereocenters. The molecular formula is C27H40Cl2N6O5S2. The minimum Gasteiger partial charge on any atom is -0.383 e. The van der Waals surface area contributed by atoms with Crippen molar-refractivity contribution < 1.29 is 22.7 Å². The second-order valence-electron chi connectivity index (χ2n) is 10.5. The first-order valence-electron chi connectivity index (χ1n) is 13.9. The number of halogens is 2. The lowest BCUT2D eigenvalue weighted by molar-refractivity contribution is -0.138. The number of hydrogen-bond acceptors (Lipinski definition) is 8. The van der Waals surface area contributed by atoms with E-state index in [1.165, 1.54) is 16.7 Å². The molecule has 2 aliphatic heterocycles. The largest absolute Gasteiger partial charge is 0.383 e. The zero-order chi connectivity index (χ0) is 30.7. The number of nitrogens with zero attached hydrogens (tertiary/aromatic N) is 1. The molecule has 2 aliphatic rings. The molecule has 42 heavy (non-hydrogen) atoms. The van der Waals surface area contributed by atoms with Crippen molar-refractivity contribution in [3.63, 3.8) is 0 Å². The third-order valence-corrected chi connectivity index (χ3v) is 9.69. The van der Waals surface area contributed by atoms with Crippen LogP contribution in [0, 0.1) is 11.3 Å². The number of hydrogen-bond donors (Lipinski definition) is 5. The van der Waals surface area contributed by atoms with Gasteiger partial charge in [-0.25, -0.2) is 13.1 Å². The van der Waals surface area contributed by atoms with Gasteiger partial charge in [0.25, 0.3) is 0 Å². The predicted molar refractivity (Wildman–Crippen MR) is 168 cm³/mol. The Morgan fingerprint density at radius 1 is 1.29 bits per heavy atom. The number of benzene rings is 1. The third kappa shape index (κ3) is 12.0. The van der Waals surface area contributed by atoms with E-state index in [1.54, 1.807) is 18.2 Å². The van der Waals surface area contributed by atoms with Gasteiger partial charge in [-0.05, 0) is 68.8 Å². The summed E-state index contributed by atoms with van der Waals surface area (Å²) in [7, 11) is -3.69. The summed E-state index contributed by atoms with van der Waals surface area (Å²) in [5.41, 5.74) is 6.28. The average molecular weight is 664 g/mol. The molecule has 0 aromatic heterocycles. The molecule has 234 valence electrons. The topological polar surface area (TPSA) is 167 Å². The van der Waals surface area contributed by atoms with E-state index in [1.807, 2.05) is 6.08 Å². The fraction of sp³-hybridized carbons (Fsp3) is 0.593.